The number of nitrogens with one attached hydrogen (secondary N) is 2. The van der Waals surface area contributed by atoms with Crippen LogP contribution in [0.5, 0.6) is 0 Å². The number of aryl methyl sites for hydroxylation is 1. The van der Waals surface area contributed by atoms with Crippen molar-refractivity contribution in [1.29, 1.82) is 0 Å². The first-order chi connectivity index (χ1) is 12.1. The standard InChI is InChI=1S/C19H20N4O2/c1-12-4-5-17-14(9-12)15(10-18(24)21-17)19(25)23-8-2-3-13(11-23)16-6-7-20-22-16/h4-7,9-10,13H,2-3,8,11H2,1H3,(H,20,22)(H,21,24)/t13-/m1/s1. The highest BCUT2D eigenvalue weighted by Gasteiger charge is 2.27. The van der Waals surface area contributed by atoms with Gasteiger partial charge in [-0.25, -0.2) is 0 Å². The molecule has 1 aliphatic heterocycles. The summed E-state index contributed by atoms with van der Waals surface area (Å²) in [6.45, 7) is 3.33. The number of aromatic amines is 2. The van der Waals surface area contributed by atoms with Crippen molar-refractivity contribution in [3.8, 4) is 0 Å². The number of aromatic nitrogens is 3. The van der Waals surface area contributed by atoms with Gasteiger partial charge in [-0.05, 0) is 38.0 Å². The van der Waals surface area contributed by atoms with Gasteiger partial charge in [-0.2, -0.15) is 5.10 Å². The van der Waals surface area contributed by atoms with E-state index in [4.69, 9.17) is 0 Å². The fourth-order valence-corrected chi connectivity index (χ4v) is 3.62. The number of amides is 1. The molecule has 0 saturated carbocycles. The van der Waals surface area contributed by atoms with Gasteiger partial charge in [0.2, 0.25) is 5.56 Å². The Kier molecular flexibility index (Phi) is 3.87. The van der Waals surface area contributed by atoms with Crippen LogP contribution in [0.15, 0.2) is 41.3 Å². The molecule has 25 heavy (non-hydrogen) atoms. The van der Waals surface area contributed by atoms with Gasteiger partial charge in [0.1, 0.15) is 0 Å². The average Bonchev–Trinajstić information content (AvgIpc) is 3.16. The maximum absolute atomic E-state index is 13.1. The molecule has 0 radical (unpaired) electrons. The minimum absolute atomic E-state index is 0.0779. The van der Waals surface area contributed by atoms with E-state index in [0.29, 0.717) is 24.2 Å². The van der Waals surface area contributed by atoms with Gasteiger partial charge >= 0.3 is 0 Å². The molecule has 1 aliphatic rings. The summed E-state index contributed by atoms with van der Waals surface area (Å²) >= 11 is 0. The Balaban J connectivity index is 1.70. The number of carbonyl (C=O) groups is 1. The molecular weight excluding hydrogens is 316 g/mol. The molecule has 0 aliphatic carbocycles. The Morgan fingerprint density at radius 1 is 1.28 bits per heavy atom. The quantitative estimate of drug-likeness (QED) is 0.754. The van der Waals surface area contributed by atoms with Crippen LogP contribution in [-0.4, -0.2) is 39.1 Å². The molecule has 4 rings (SSSR count). The number of nitrogens with zero attached hydrogens (tertiary/aromatic N) is 2. The van der Waals surface area contributed by atoms with Crippen molar-refractivity contribution in [3.05, 3.63) is 63.7 Å². The number of fused-ring (bicyclic) bond motifs is 1. The Morgan fingerprint density at radius 3 is 2.96 bits per heavy atom. The lowest BCUT2D eigenvalue weighted by atomic mass is 9.94. The van der Waals surface area contributed by atoms with Crippen LogP contribution in [0, 0.1) is 6.92 Å². The molecule has 3 heterocycles. The zero-order valence-corrected chi connectivity index (χ0v) is 14.1. The maximum Gasteiger partial charge on any atom is 0.254 e. The molecular formula is C19H20N4O2. The second-order valence-electron chi connectivity index (χ2n) is 6.70. The Labute approximate surface area is 144 Å². The molecule has 0 bridgehead atoms. The predicted molar refractivity (Wildman–Crippen MR) is 95.8 cm³/mol. The highest BCUT2D eigenvalue weighted by atomic mass is 16.2. The first-order valence-corrected chi connectivity index (χ1v) is 8.54. The van der Waals surface area contributed by atoms with Crippen LogP contribution >= 0.6 is 0 Å². The highest BCUT2D eigenvalue weighted by Crippen LogP contribution is 2.27. The zero-order valence-electron chi connectivity index (χ0n) is 14.1. The summed E-state index contributed by atoms with van der Waals surface area (Å²) in [5.41, 5.74) is 3.05. The van der Waals surface area contributed by atoms with Crippen molar-refractivity contribution in [2.45, 2.75) is 25.7 Å². The molecule has 1 fully saturated rings. The number of pyridine rings is 1. The van der Waals surface area contributed by atoms with E-state index in [1.165, 1.54) is 6.07 Å². The zero-order chi connectivity index (χ0) is 17.4. The summed E-state index contributed by atoms with van der Waals surface area (Å²) in [6, 6.07) is 9.12. The fourth-order valence-electron chi connectivity index (χ4n) is 3.62. The third-order valence-electron chi connectivity index (χ3n) is 4.90. The Bertz CT molecular complexity index is 975. The van der Waals surface area contributed by atoms with E-state index in [0.717, 1.165) is 29.5 Å². The number of likely N-dealkylation sites (tertiary alicyclic amines) is 1. The second-order valence-corrected chi connectivity index (χ2v) is 6.70. The smallest absolute Gasteiger partial charge is 0.254 e. The summed E-state index contributed by atoms with van der Waals surface area (Å²) in [5.74, 6) is 0.182. The van der Waals surface area contributed by atoms with Crippen LogP contribution < -0.4 is 5.56 Å². The summed E-state index contributed by atoms with van der Waals surface area (Å²) in [5, 5.41) is 7.82. The van der Waals surface area contributed by atoms with Crippen LogP contribution in [0.3, 0.4) is 0 Å². The van der Waals surface area contributed by atoms with E-state index >= 15 is 0 Å². The van der Waals surface area contributed by atoms with Crippen LogP contribution in [0.1, 0.15) is 40.4 Å². The molecule has 2 N–H and O–H groups in total. The Hall–Kier alpha value is -2.89. The number of H-pyrrole nitrogens is 2. The van der Waals surface area contributed by atoms with E-state index in [9.17, 15) is 9.59 Å². The number of piperidine rings is 1. The van der Waals surface area contributed by atoms with Crippen molar-refractivity contribution in [2.75, 3.05) is 13.1 Å². The van der Waals surface area contributed by atoms with Crippen LogP contribution in [0.4, 0.5) is 0 Å². The SMILES string of the molecule is Cc1ccc2[nH]c(=O)cc(C(=O)N3CCC[C@@H](c4ccn[nH]4)C3)c2c1. The second kappa shape index (κ2) is 6.20. The third-order valence-corrected chi connectivity index (χ3v) is 4.90. The molecule has 1 saturated heterocycles. The lowest BCUT2D eigenvalue weighted by molar-refractivity contribution is 0.0707. The van der Waals surface area contributed by atoms with Crippen LogP contribution in [-0.2, 0) is 0 Å². The molecule has 0 spiro atoms. The average molecular weight is 336 g/mol. The number of hydrogen-bond donors (Lipinski definition) is 2. The van der Waals surface area contributed by atoms with Gasteiger partial charge < -0.3 is 9.88 Å². The van der Waals surface area contributed by atoms with Gasteiger partial charge in [-0.1, -0.05) is 11.6 Å². The van der Waals surface area contributed by atoms with Crippen molar-refractivity contribution < 1.29 is 4.79 Å². The molecule has 0 unspecified atom stereocenters. The summed E-state index contributed by atoms with van der Waals surface area (Å²) in [7, 11) is 0. The highest BCUT2D eigenvalue weighted by molar-refractivity contribution is 6.06. The lowest BCUT2D eigenvalue weighted by Crippen LogP contribution is -2.39. The maximum atomic E-state index is 13.1. The van der Waals surface area contributed by atoms with Gasteiger partial charge in [0.25, 0.3) is 5.91 Å². The van der Waals surface area contributed by atoms with E-state index in [1.54, 1.807) is 6.20 Å². The molecule has 1 atom stereocenters. The van der Waals surface area contributed by atoms with Crippen LogP contribution in [0.25, 0.3) is 10.9 Å². The van der Waals surface area contributed by atoms with Crippen molar-refractivity contribution >= 4 is 16.8 Å². The molecule has 6 heteroatoms. The fraction of sp³-hybridized carbons (Fsp3) is 0.316. The minimum atomic E-state index is -0.248. The number of benzene rings is 1. The third kappa shape index (κ3) is 2.95. The number of hydrogen-bond acceptors (Lipinski definition) is 3. The summed E-state index contributed by atoms with van der Waals surface area (Å²) < 4.78 is 0. The van der Waals surface area contributed by atoms with Gasteiger partial charge in [-0.3, -0.25) is 14.7 Å². The van der Waals surface area contributed by atoms with Crippen molar-refractivity contribution in [2.24, 2.45) is 0 Å². The van der Waals surface area contributed by atoms with Crippen molar-refractivity contribution in [1.82, 2.24) is 20.1 Å². The summed E-state index contributed by atoms with van der Waals surface area (Å²) in [4.78, 5) is 29.8. The largest absolute Gasteiger partial charge is 0.338 e. The van der Waals surface area contributed by atoms with Gasteiger partial charge in [-0.15, -0.1) is 0 Å². The topological polar surface area (TPSA) is 81.8 Å². The molecule has 1 aromatic carbocycles. The van der Waals surface area contributed by atoms with Crippen molar-refractivity contribution in [3.63, 3.8) is 0 Å². The van der Waals surface area contributed by atoms with E-state index in [-0.39, 0.29) is 17.4 Å². The van der Waals surface area contributed by atoms with E-state index in [2.05, 4.69) is 15.2 Å². The van der Waals surface area contributed by atoms with E-state index < -0.39 is 0 Å². The monoisotopic (exact) mass is 336 g/mol. The molecule has 1 amide bonds. The van der Waals surface area contributed by atoms with Gasteiger partial charge in [0, 0.05) is 47.9 Å². The minimum Gasteiger partial charge on any atom is -0.338 e. The first-order valence-electron chi connectivity index (χ1n) is 8.54. The normalized spacial score (nSPS) is 17.8. The Morgan fingerprint density at radius 2 is 2.16 bits per heavy atom. The number of carbonyl (C=O) groups excluding carboxylic acids is 1. The summed E-state index contributed by atoms with van der Waals surface area (Å²) in [6.07, 6.45) is 3.71. The van der Waals surface area contributed by atoms with Crippen LogP contribution in [0.2, 0.25) is 0 Å². The molecule has 3 aromatic rings. The van der Waals surface area contributed by atoms with Gasteiger partial charge in [0.05, 0.1) is 5.56 Å². The first kappa shape index (κ1) is 15.6. The molecule has 2 aromatic heterocycles. The lowest BCUT2D eigenvalue weighted by Gasteiger charge is -2.32. The number of rotatable bonds is 2. The molecule has 6 nitrogen and oxygen atoms in total. The molecule has 128 valence electrons. The predicted octanol–water partition coefficient (Wildman–Crippen LogP) is 2.58. The van der Waals surface area contributed by atoms with Gasteiger partial charge in [0.15, 0.2) is 0 Å². The van der Waals surface area contributed by atoms with E-state index in [1.807, 2.05) is 36.1 Å².